The summed E-state index contributed by atoms with van der Waals surface area (Å²) in [7, 11) is 0. The van der Waals surface area contributed by atoms with Crippen molar-refractivity contribution in [3.05, 3.63) is 29.1 Å². The number of hydrogen-bond acceptors (Lipinski definition) is 3. The molecule has 1 rings (SSSR count). The van der Waals surface area contributed by atoms with Crippen LogP contribution in [0.1, 0.15) is 35.0 Å². The third-order valence-corrected chi connectivity index (χ3v) is 2.26. The maximum atomic E-state index is 12.6. The van der Waals surface area contributed by atoms with Crippen LogP contribution in [0.15, 0.2) is 12.3 Å². The average molecular weight is 294 g/mol. The number of amides is 1. The summed E-state index contributed by atoms with van der Waals surface area (Å²) in [4.78, 5) is 25.0. The van der Waals surface area contributed by atoms with Gasteiger partial charge in [-0.1, -0.05) is 0 Å². The van der Waals surface area contributed by atoms with Gasteiger partial charge in [0, 0.05) is 19.7 Å². The van der Waals surface area contributed by atoms with Crippen LogP contribution >= 0.6 is 0 Å². The molecule has 0 saturated carbocycles. The van der Waals surface area contributed by atoms with Crippen molar-refractivity contribution in [2.24, 2.45) is 0 Å². The third-order valence-electron chi connectivity index (χ3n) is 2.26. The lowest BCUT2D eigenvalue weighted by atomic mass is 10.1. The van der Waals surface area contributed by atoms with Crippen LogP contribution in [0.4, 0.5) is 17.6 Å². The van der Waals surface area contributed by atoms with E-state index in [1.165, 1.54) is 0 Å². The first kappa shape index (κ1) is 15.9. The summed E-state index contributed by atoms with van der Waals surface area (Å²) in [6, 6.07) is 0.852. The van der Waals surface area contributed by atoms with Gasteiger partial charge in [-0.05, 0) is 11.6 Å². The normalized spacial score (nSPS) is 11.5. The van der Waals surface area contributed by atoms with Crippen LogP contribution in [0.3, 0.4) is 0 Å². The maximum absolute atomic E-state index is 12.6. The molecule has 0 aliphatic carbocycles. The number of alkyl halides is 4. The molecule has 2 N–H and O–H groups in total. The van der Waals surface area contributed by atoms with E-state index in [0.29, 0.717) is 6.92 Å². The van der Waals surface area contributed by atoms with Gasteiger partial charge in [-0.2, -0.15) is 8.78 Å². The molecule has 0 aliphatic heterocycles. The fraction of sp³-hybridized carbons (Fsp3) is 0.364. The fourth-order valence-corrected chi connectivity index (χ4v) is 1.30. The molecular formula is C11H10F4N2O3. The number of pyridine rings is 1. The maximum Gasteiger partial charge on any atom is 0.337 e. The summed E-state index contributed by atoms with van der Waals surface area (Å²) in [6.07, 6.45) is -2.19. The first-order chi connectivity index (χ1) is 9.12. The lowest BCUT2D eigenvalue weighted by Gasteiger charge is -2.11. The highest BCUT2D eigenvalue weighted by atomic mass is 19.3. The van der Waals surface area contributed by atoms with Gasteiger partial charge in [0.25, 0.3) is 12.3 Å². The Morgan fingerprint density at radius 3 is 2.50 bits per heavy atom. The molecule has 110 valence electrons. The van der Waals surface area contributed by atoms with Crippen molar-refractivity contribution in [1.82, 2.24) is 10.3 Å². The second kappa shape index (κ2) is 5.85. The van der Waals surface area contributed by atoms with Gasteiger partial charge in [-0.15, -0.1) is 0 Å². The summed E-state index contributed by atoms with van der Waals surface area (Å²) in [6.45, 7) is -0.0534. The predicted molar refractivity (Wildman–Crippen MR) is 58.6 cm³/mol. The minimum atomic E-state index is -3.59. The summed E-state index contributed by atoms with van der Waals surface area (Å²) < 4.78 is 50.1. The highest BCUT2D eigenvalue weighted by Gasteiger charge is 2.31. The van der Waals surface area contributed by atoms with Gasteiger partial charge < -0.3 is 10.4 Å². The first-order valence-corrected chi connectivity index (χ1v) is 5.29. The number of carbonyl (C=O) groups excluding carboxylic acids is 1. The molecule has 0 fully saturated rings. The van der Waals surface area contributed by atoms with E-state index in [1.54, 1.807) is 0 Å². The number of carboxylic acid groups (broad SMARTS) is 1. The molecule has 5 nitrogen and oxygen atoms in total. The van der Waals surface area contributed by atoms with Crippen LogP contribution < -0.4 is 5.32 Å². The quantitative estimate of drug-likeness (QED) is 0.814. The van der Waals surface area contributed by atoms with Gasteiger partial charge >= 0.3 is 11.9 Å². The minimum Gasteiger partial charge on any atom is -0.478 e. The lowest BCUT2D eigenvalue weighted by Crippen LogP contribution is -2.37. The number of nitrogens with one attached hydrogen (secondary N) is 1. The molecule has 1 heterocycles. The van der Waals surface area contributed by atoms with Crippen LogP contribution in [0.5, 0.6) is 0 Å². The van der Waals surface area contributed by atoms with Gasteiger partial charge in [-0.25, -0.2) is 13.6 Å². The SMILES string of the molecule is CC(F)(F)C(=O)NCc1cnc(C(F)F)c(C(=O)O)c1. The van der Waals surface area contributed by atoms with Crippen molar-refractivity contribution in [2.75, 3.05) is 0 Å². The molecule has 0 bridgehead atoms. The number of nitrogens with zero attached hydrogens (tertiary/aromatic N) is 1. The molecule has 0 saturated heterocycles. The van der Waals surface area contributed by atoms with E-state index < -0.39 is 42.0 Å². The summed E-state index contributed by atoms with van der Waals surface area (Å²) in [5.41, 5.74) is -1.65. The number of halogens is 4. The number of rotatable bonds is 5. The molecule has 0 aromatic carbocycles. The Labute approximate surface area is 110 Å². The molecular weight excluding hydrogens is 284 g/mol. The monoisotopic (exact) mass is 294 g/mol. The molecule has 9 heteroatoms. The van der Waals surface area contributed by atoms with E-state index in [2.05, 4.69) is 4.98 Å². The Kier molecular flexibility index (Phi) is 4.64. The van der Waals surface area contributed by atoms with Gasteiger partial charge in [0.05, 0.1) is 5.56 Å². The largest absolute Gasteiger partial charge is 0.478 e. The Hall–Kier alpha value is -2.19. The molecule has 0 unspecified atom stereocenters. The highest BCUT2D eigenvalue weighted by molar-refractivity contribution is 5.89. The molecule has 0 atom stereocenters. The van der Waals surface area contributed by atoms with Gasteiger partial charge in [-0.3, -0.25) is 9.78 Å². The minimum absolute atomic E-state index is 0.0180. The standard InChI is InChI=1S/C11H10F4N2O3/c1-11(14,15)10(20)17-4-5-2-6(9(18)19)7(8(12)13)16-3-5/h2-3,8H,4H2,1H3,(H,17,20)(H,18,19). The van der Waals surface area contributed by atoms with Crippen molar-refractivity contribution in [1.29, 1.82) is 0 Å². The number of hydrogen-bond donors (Lipinski definition) is 2. The van der Waals surface area contributed by atoms with E-state index in [9.17, 15) is 27.2 Å². The van der Waals surface area contributed by atoms with E-state index in [-0.39, 0.29) is 5.56 Å². The summed E-state index contributed by atoms with van der Waals surface area (Å²) in [5.74, 6) is -6.78. The van der Waals surface area contributed by atoms with Gasteiger partial charge in [0.1, 0.15) is 5.69 Å². The number of carbonyl (C=O) groups is 2. The molecule has 1 aromatic heterocycles. The zero-order chi connectivity index (χ0) is 15.5. The molecule has 0 spiro atoms. The fourth-order valence-electron chi connectivity index (χ4n) is 1.30. The van der Waals surface area contributed by atoms with Crippen LogP contribution in [-0.2, 0) is 11.3 Å². The zero-order valence-corrected chi connectivity index (χ0v) is 10.2. The van der Waals surface area contributed by atoms with Crippen molar-refractivity contribution < 1.29 is 32.3 Å². The lowest BCUT2D eigenvalue weighted by molar-refractivity contribution is -0.143. The molecule has 0 radical (unpaired) electrons. The van der Waals surface area contributed by atoms with Crippen molar-refractivity contribution in [2.45, 2.75) is 25.8 Å². The highest BCUT2D eigenvalue weighted by Crippen LogP contribution is 2.21. The Bertz CT molecular complexity index is 529. The topological polar surface area (TPSA) is 79.3 Å². The van der Waals surface area contributed by atoms with E-state index in [0.717, 1.165) is 12.3 Å². The van der Waals surface area contributed by atoms with Crippen molar-refractivity contribution in [3.8, 4) is 0 Å². The second-order valence-corrected chi connectivity index (χ2v) is 3.95. The Morgan fingerprint density at radius 2 is 2.05 bits per heavy atom. The first-order valence-electron chi connectivity index (χ1n) is 5.29. The van der Waals surface area contributed by atoms with Crippen LogP contribution in [0, 0.1) is 0 Å². The summed E-state index contributed by atoms with van der Waals surface area (Å²) in [5, 5.41) is 10.6. The van der Waals surface area contributed by atoms with E-state index in [1.807, 2.05) is 5.32 Å². The van der Waals surface area contributed by atoms with Gasteiger partial charge in [0.15, 0.2) is 0 Å². The molecule has 20 heavy (non-hydrogen) atoms. The third kappa shape index (κ3) is 3.90. The summed E-state index contributed by atoms with van der Waals surface area (Å²) >= 11 is 0. The van der Waals surface area contributed by atoms with Crippen LogP contribution in [0.25, 0.3) is 0 Å². The van der Waals surface area contributed by atoms with E-state index >= 15 is 0 Å². The molecule has 1 amide bonds. The average Bonchev–Trinajstić information content (AvgIpc) is 2.34. The van der Waals surface area contributed by atoms with Crippen molar-refractivity contribution in [3.63, 3.8) is 0 Å². The number of carboxylic acids is 1. The Morgan fingerprint density at radius 1 is 1.45 bits per heavy atom. The zero-order valence-electron chi connectivity index (χ0n) is 10.2. The number of aromatic carboxylic acids is 1. The smallest absolute Gasteiger partial charge is 0.337 e. The number of aromatic nitrogens is 1. The predicted octanol–water partition coefficient (Wildman–Crippen LogP) is 1.99. The van der Waals surface area contributed by atoms with Crippen LogP contribution in [0.2, 0.25) is 0 Å². The van der Waals surface area contributed by atoms with Crippen LogP contribution in [-0.4, -0.2) is 27.9 Å². The second-order valence-electron chi connectivity index (χ2n) is 3.95. The van der Waals surface area contributed by atoms with E-state index in [4.69, 9.17) is 5.11 Å². The van der Waals surface area contributed by atoms with Gasteiger partial charge in [0.2, 0.25) is 0 Å². The Balaban J connectivity index is 2.91. The molecule has 1 aromatic rings. The van der Waals surface area contributed by atoms with Crippen molar-refractivity contribution >= 4 is 11.9 Å². The molecule has 0 aliphatic rings.